The molecule has 2 aromatic rings. The average Bonchev–Trinajstić information content (AvgIpc) is 3.16. The van der Waals surface area contributed by atoms with Crippen LogP contribution in [0.3, 0.4) is 0 Å². The summed E-state index contributed by atoms with van der Waals surface area (Å²) >= 11 is 0. The van der Waals surface area contributed by atoms with Crippen LogP contribution in [0.4, 0.5) is 4.39 Å². The second kappa shape index (κ2) is 8.21. The Bertz CT molecular complexity index is 693. The molecule has 1 aromatic heterocycles. The summed E-state index contributed by atoms with van der Waals surface area (Å²) in [6.07, 6.45) is 4.66. The van der Waals surface area contributed by atoms with Gasteiger partial charge in [-0.2, -0.15) is 0 Å². The molecule has 0 radical (unpaired) electrons. The fraction of sp³-hybridized carbons (Fsp3) is 0.438. The Morgan fingerprint density at radius 1 is 1.42 bits per heavy atom. The summed E-state index contributed by atoms with van der Waals surface area (Å²) in [7, 11) is 0. The van der Waals surface area contributed by atoms with Crippen LogP contribution in [0.1, 0.15) is 35.3 Å². The molecule has 1 aromatic carbocycles. The standard InChI is InChI=1S/C16H20FN5O.ClH/c17-13-5-1-3-11(7-13)9-22-10-15(20-21-22)16(23)19-14-6-2-4-12(14)8-18;/h1,3,5,7,10,12,14H,2,4,6,8-9,18H2,(H,19,23);1H. The van der Waals surface area contributed by atoms with Gasteiger partial charge in [0.05, 0.1) is 12.7 Å². The van der Waals surface area contributed by atoms with Gasteiger partial charge in [-0.1, -0.05) is 23.8 Å². The van der Waals surface area contributed by atoms with Crippen LogP contribution in [0.5, 0.6) is 0 Å². The molecule has 0 spiro atoms. The molecule has 6 nitrogen and oxygen atoms in total. The zero-order valence-electron chi connectivity index (χ0n) is 13.2. The summed E-state index contributed by atoms with van der Waals surface area (Å²) in [5.74, 6) is -0.197. The van der Waals surface area contributed by atoms with Gasteiger partial charge in [-0.3, -0.25) is 4.79 Å². The van der Waals surface area contributed by atoms with Crippen LogP contribution in [0.25, 0.3) is 0 Å². The smallest absolute Gasteiger partial charge is 0.273 e. The van der Waals surface area contributed by atoms with Gasteiger partial charge in [-0.15, -0.1) is 17.5 Å². The molecule has 1 aliphatic rings. The third kappa shape index (κ3) is 4.30. The van der Waals surface area contributed by atoms with Gasteiger partial charge in [0.2, 0.25) is 0 Å². The van der Waals surface area contributed by atoms with Crippen molar-refractivity contribution < 1.29 is 9.18 Å². The molecule has 2 atom stereocenters. The molecule has 2 unspecified atom stereocenters. The molecule has 1 aliphatic carbocycles. The Hall–Kier alpha value is -1.99. The number of nitrogens with zero attached hydrogens (tertiary/aromatic N) is 3. The highest BCUT2D eigenvalue weighted by Crippen LogP contribution is 2.24. The van der Waals surface area contributed by atoms with Gasteiger partial charge in [-0.25, -0.2) is 9.07 Å². The van der Waals surface area contributed by atoms with E-state index in [1.165, 1.54) is 16.8 Å². The lowest BCUT2D eigenvalue weighted by Gasteiger charge is -2.18. The van der Waals surface area contributed by atoms with E-state index in [1.807, 2.05) is 0 Å². The molecule has 1 fully saturated rings. The number of carbonyl (C=O) groups is 1. The van der Waals surface area contributed by atoms with Crippen molar-refractivity contribution in [2.45, 2.75) is 31.8 Å². The normalized spacial score (nSPS) is 19.8. The number of carbonyl (C=O) groups excluding carboxylic acids is 1. The minimum absolute atomic E-state index is 0. The van der Waals surface area contributed by atoms with Crippen LogP contribution < -0.4 is 11.1 Å². The second-order valence-corrected chi connectivity index (χ2v) is 5.94. The second-order valence-electron chi connectivity index (χ2n) is 5.94. The molecule has 3 rings (SSSR count). The van der Waals surface area contributed by atoms with Gasteiger partial charge >= 0.3 is 0 Å². The number of amides is 1. The van der Waals surface area contributed by atoms with E-state index in [0.717, 1.165) is 24.8 Å². The topological polar surface area (TPSA) is 85.8 Å². The van der Waals surface area contributed by atoms with E-state index in [-0.39, 0.29) is 35.9 Å². The third-order valence-electron chi connectivity index (χ3n) is 4.28. The Morgan fingerprint density at radius 2 is 2.25 bits per heavy atom. The predicted octanol–water partition coefficient (Wildman–Crippen LogP) is 1.74. The highest BCUT2D eigenvalue weighted by atomic mass is 35.5. The van der Waals surface area contributed by atoms with E-state index in [9.17, 15) is 9.18 Å². The number of halogens is 2. The van der Waals surface area contributed by atoms with Crippen LogP contribution in [0, 0.1) is 11.7 Å². The quantitative estimate of drug-likeness (QED) is 0.857. The minimum atomic E-state index is -0.297. The fourth-order valence-corrected chi connectivity index (χ4v) is 3.05. The van der Waals surface area contributed by atoms with Gasteiger partial charge in [-0.05, 0) is 43.0 Å². The van der Waals surface area contributed by atoms with E-state index in [1.54, 1.807) is 18.3 Å². The van der Waals surface area contributed by atoms with Crippen molar-refractivity contribution in [1.29, 1.82) is 0 Å². The van der Waals surface area contributed by atoms with E-state index in [2.05, 4.69) is 15.6 Å². The molecule has 8 heteroatoms. The molecule has 0 bridgehead atoms. The summed E-state index contributed by atoms with van der Waals surface area (Å²) in [5.41, 5.74) is 6.76. The minimum Gasteiger partial charge on any atom is -0.348 e. The SMILES string of the molecule is Cl.NCC1CCCC1NC(=O)c1cn(Cc2cccc(F)c2)nn1. The maximum absolute atomic E-state index is 13.2. The first kappa shape index (κ1) is 18.4. The van der Waals surface area contributed by atoms with Crippen molar-refractivity contribution in [2.75, 3.05) is 6.54 Å². The summed E-state index contributed by atoms with van der Waals surface area (Å²) < 4.78 is 14.7. The molecule has 24 heavy (non-hydrogen) atoms. The number of nitrogens with one attached hydrogen (secondary N) is 1. The molecule has 1 saturated carbocycles. The Morgan fingerprint density at radius 3 is 3.00 bits per heavy atom. The summed E-state index contributed by atoms with van der Waals surface area (Å²) in [6, 6.07) is 6.38. The van der Waals surface area contributed by atoms with Gasteiger partial charge in [0.1, 0.15) is 5.82 Å². The zero-order valence-corrected chi connectivity index (χ0v) is 14.0. The molecular weight excluding hydrogens is 333 g/mol. The van der Waals surface area contributed by atoms with Crippen molar-refractivity contribution in [2.24, 2.45) is 11.7 Å². The predicted molar refractivity (Wildman–Crippen MR) is 90.4 cm³/mol. The van der Waals surface area contributed by atoms with Crippen molar-refractivity contribution >= 4 is 18.3 Å². The lowest BCUT2D eigenvalue weighted by atomic mass is 10.0. The first-order valence-electron chi connectivity index (χ1n) is 7.81. The monoisotopic (exact) mass is 353 g/mol. The van der Waals surface area contributed by atoms with Crippen molar-refractivity contribution in [3.05, 3.63) is 47.5 Å². The molecule has 130 valence electrons. The van der Waals surface area contributed by atoms with Gasteiger partial charge in [0.25, 0.3) is 5.91 Å². The van der Waals surface area contributed by atoms with Crippen LogP contribution in [0.2, 0.25) is 0 Å². The van der Waals surface area contributed by atoms with Gasteiger partial charge in [0, 0.05) is 6.04 Å². The summed E-state index contributed by atoms with van der Waals surface area (Å²) in [6.45, 7) is 0.949. The van der Waals surface area contributed by atoms with Gasteiger partial charge in [0.15, 0.2) is 5.69 Å². The lowest BCUT2D eigenvalue weighted by Crippen LogP contribution is -2.40. The molecule has 0 aliphatic heterocycles. The Kier molecular flexibility index (Phi) is 6.28. The summed E-state index contributed by atoms with van der Waals surface area (Å²) in [5, 5.41) is 10.8. The van der Waals surface area contributed by atoms with E-state index in [4.69, 9.17) is 5.73 Å². The molecule has 3 N–H and O–H groups in total. The molecule has 0 saturated heterocycles. The van der Waals surface area contributed by atoms with Crippen LogP contribution in [-0.4, -0.2) is 33.5 Å². The fourth-order valence-electron chi connectivity index (χ4n) is 3.05. The molecule has 1 amide bonds. The largest absolute Gasteiger partial charge is 0.348 e. The average molecular weight is 354 g/mol. The van der Waals surface area contributed by atoms with Crippen molar-refractivity contribution in [3.8, 4) is 0 Å². The van der Waals surface area contributed by atoms with Gasteiger partial charge < -0.3 is 11.1 Å². The Balaban J connectivity index is 0.00000208. The number of aromatic nitrogens is 3. The number of hydrogen-bond acceptors (Lipinski definition) is 4. The number of benzene rings is 1. The Labute approximate surface area is 146 Å². The third-order valence-corrected chi connectivity index (χ3v) is 4.28. The lowest BCUT2D eigenvalue weighted by molar-refractivity contribution is 0.0923. The maximum Gasteiger partial charge on any atom is 0.273 e. The van der Waals surface area contributed by atoms with Crippen LogP contribution in [0.15, 0.2) is 30.5 Å². The van der Waals surface area contributed by atoms with Crippen molar-refractivity contribution in [3.63, 3.8) is 0 Å². The summed E-state index contributed by atoms with van der Waals surface area (Å²) in [4.78, 5) is 12.3. The highest BCUT2D eigenvalue weighted by Gasteiger charge is 2.28. The van der Waals surface area contributed by atoms with Crippen LogP contribution in [-0.2, 0) is 6.54 Å². The maximum atomic E-state index is 13.2. The number of hydrogen-bond donors (Lipinski definition) is 2. The highest BCUT2D eigenvalue weighted by molar-refractivity contribution is 5.92. The van der Waals surface area contributed by atoms with E-state index >= 15 is 0 Å². The zero-order chi connectivity index (χ0) is 16.2. The number of rotatable bonds is 5. The molecule has 1 heterocycles. The number of nitrogens with two attached hydrogens (primary N) is 1. The van der Waals surface area contributed by atoms with Crippen molar-refractivity contribution in [1.82, 2.24) is 20.3 Å². The van der Waals surface area contributed by atoms with Crippen LogP contribution >= 0.6 is 12.4 Å². The molecular formula is C16H21ClFN5O. The first-order chi connectivity index (χ1) is 11.2. The van der Waals surface area contributed by atoms with E-state index in [0.29, 0.717) is 19.0 Å². The van der Waals surface area contributed by atoms with E-state index < -0.39 is 0 Å². The first-order valence-corrected chi connectivity index (χ1v) is 7.81.